The first kappa shape index (κ1) is 12.5. The van der Waals surface area contributed by atoms with E-state index in [0.29, 0.717) is 20.9 Å². The molecule has 17 heavy (non-hydrogen) atoms. The van der Waals surface area contributed by atoms with Crippen LogP contribution in [0, 0.1) is 0 Å². The molecule has 2 rings (SSSR count). The summed E-state index contributed by atoms with van der Waals surface area (Å²) in [5, 5.41) is 1.52. The second-order valence-corrected chi connectivity index (χ2v) is 4.59. The fourth-order valence-electron chi connectivity index (χ4n) is 1.46. The lowest BCUT2D eigenvalue weighted by Gasteiger charge is -2.08. The van der Waals surface area contributed by atoms with Gasteiger partial charge in [0.25, 0.3) is 0 Å². The normalized spacial score (nSPS) is 10.4. The predicted octanol–water partition coefficient (Wildman–Crippen LogP) is 4.72. The van der Waals surface area contributed by atoms with Crippen LogP contribution in [0.3, 0.4) is 0 Å². The molecule has 0 N–H and O–H groups in total. The summed E-state index contributed by atoms with van der Waals surface area (Å²) in [6.45, 7) is 0. The van der Waals surface area contributed by atoms with Gasteiger partial charge in [0.15, 0.2) is 0 Å². The molecule has 0 atom stereocenters. The van der Waals surface area contributed by atoms with E-state index >= 15 is 0 Å². The molecular formula is C12H8Cl3NO. The fourth-order valence-corrected chi connectivity index (χ4v) is 1.92. The van der Waals surface area contributed by atoms with Crippen molar-refractivity contribution in [3.8, 4) is 17.0 Å². The Hall–Kier alpha value is -0.960. The number of methoxy groups -OCH3 is 1. The average Bonchev–Trinajstić information content (AvgIpc) is 2.32. The Morgan fingerprint density at radius 1 is 1.06 bits per heavy atom. The van der Waals surface area contributed by atoms with Crippen LogP contribution in [-0.4, -0.2) is 12.1 Å². The number of aromatic nitrogens is 1. The van der Waals surface area contributed by atoms with Crippen molar-refractivity contribution in [1.82, 2.24) is 4.98 Å². The van der Waals surface area contributed by atoms with Crippen molar-refractivity contribution < 1.29 is 4.74 Å². The first-order chi connectivity index (χ1) is 8.11. The highest BCUT2D eigenvalue weighted by molar-refractivity contribution is 6.42. The van der Waals surface area contributed by atoms with Crippen LogP contribution in [0.25, 0.3) is 11.1 Å². The lowest BCUT2D eigenvalue weighted by atomic mass is 10.1. The molecule has 2 nitrogen and oxygen atoms in total. The maximum absolute atomic E-state index is 5.97. The largest absolute Gasteiger partial charge is 0.481 e. The number of benzene rings is 1. The summed E-state index contributed by atoms with van der Waals surface area (Å²) in [6.07, 6.45) is 1.53. The van der Waals surface area contributed by atoms with Crippen molar-refractivity contribution >= 4 is 34.8 Å². The minimum Gasteiger partial charge on any atom is -0.481 e. The molecule has 1 aromatic carbocycles. The Kier molecular flexibility index (Phi) is 3.77. The number of hydrogen-bond donors (Lipinski definition) is 0. The highest BCUT2D eigenvalue weighted by Crippen LogP contribution is 2.34. The second kappa shape index (κ2) is 5.13. The van der Waals surface area contributed by atoms with E-state index in [1.165, 1.54) is 6.20 Å². The van der Waals surface area contributed by atoms with Gasteiger partial charge >= 0.3 is 0 Å². The summed E-state index contributed by atoms with van der Waals surface area (Å²) >= 11 is 17.8. The lowest BCUT2D eigenvalue weighted by Crippen LogP contribution is -1.91. The monoisotopic (exact) mass is 287 g/mol. The van der Waals surface area contributed by atoms with E-state index in [-0.39, 0.29) is 0 Å². The Morgan fingerprint density at radius 2 is 1.82 bits per heavy atom. The van der Waals surface area contributed by atoms with Crippen molar-refractivity contribution in [3.63, 3.8) is 0 Å². The van der Waals surface area contributed by atoms with Crippen LogP contribution in [0.1, 0.15) is 0 Å². The van der Waals surface area contributed by atoms with E-state index in [1.807, 2.05) is 6.07 Å². The molecule has 0 amide bonds. The summed E-state index contributed by atoms with van der Waals surface area (Å²) in [5.41, 5.74) is 1.63. The number of nitrogens with zero attached hydrogens (tertiary/aromatic N) is 1. The summed E-state index contributed by atoms with van der Waals surface area (Å²) in [7, 11) is 1.55. The topological polar surface area (TPSA) is 22.1 Å². The first-order valence-corrected chi connectivity index (χ1v) is 5.90. The number of ether oxygens (including phenoxy) is 1. The van der Waals surface area contributed by atoms with Crippen molar-refractivity contribution in [2.45, 2.75) is 0 Å². The molecule has 0 spiro atoms. The molecule has 1 heterocycles. The van der Waals surface area contributed by atoms with E-state index in [9.17, 15) is 0 Å². The highest BCUT2D eigenvalue weighted by atomic mass is 35.5. The van der Waals surface area contributed by atoms with E-state index in [1.54, 1.807) is 25.3 Å². The molecule has 1 aromatic heterocycles. The summed E-state index contributed by atoms with van der Waals surface area (Å²) in [5.74, 6) is 0.493. The van der Waals surface area contributed by atoms with Gasteiger partial charge < -0.3 is 4.74 Å². The molecular weight excluding hydrogens is 280 g/mol. The number of rotatable bonds is 2. The summed E-state index contributed by atoms with van der Waals surface area (Å²) in [6, 6.07) is 7.08. The third-order valence-electron chi connectivity index (χ3n) is 2.24. The minimum atomic E-state index is 0.478. The highest BCUT2D eigenvalue weighted by Gasteiger charge is 2.09. The Morgan fingerprint density at radius 3 is 2.47 bits per heavy atom. The number of hydrogen-bond acceptors (Lipinski definition) is 2. The van der Waals surface area contributed by atoms with Gasteiger partial charge in [-0.3, -0.25) is 0 Å². The predicted molar refractivity (Wildman–Crippen MR) is 71.3 cm³/mol. The molecule has 0 aliphatic rings. The smallest absolute Gasteiger partial charge is 0.221 e. The van der Waals surface area contributed by atoms with Crippen LogP contribution in [0.5, 0.6) is 5.88 Å². The Balaban J connectivity index is 2.58. The second-order valence-electron chi connectivity index (χ2n) is 3.34. The van der Waals surface area contributed by atoms with Crippen LogP contribution >= 0.6 is 34.8 Å². The van der Waals surface area contributed by atoms with Crippen molar-refractivity contribution in [2.75, 3.05) is 7.11 Å². The molecule has 0 aliphatic heterocycles. The fraction of sp³-hybridized carbons (Fsp3) is 0.0833. The van der Waals surface area contributed by atoms with Gasteiger partial charge in [-0.25, -0.2) is 4.98 Å². The van der Waals surface area contributed by atoms with E-state index in [2.05, 4.69) is 4.98 Å². The quantitative estimate of drug-likeness (QED) is 0.798. The molecule has 2 aromatic rings. The lowest BCUT2D eigenvalue weighted by molar-refractivity contribution is 0.399. The van der Waals surface area contributed by atoms with Gasteiger partial charge in [-0.1, -0.05) is 40.9 Å². The molecule has 0 bridgehead atoms. The van der Waals surface area contributed by atoms with Crippen molar-refractivity contribution in [1.29, 1.82) is 0 Å². The van der Waals surface area contributed by atoms with Gasteiger partial charge in [0.1, 0.15) is 0 Å². The first-order valence-electron chi connectivity index (χ1n) is 4.77. The standard InChI is InChI=1S/C12H8Cl3NO/c1-17-12-9(5-8(13)6-16-12)7-2-3-10(14)11(15)4-7/h2-6H,1H3. The van der Waals surface area contributed by atoms with Crippen LogP contribution in [-0.2, 0) is 0 Å². The Labute approximate surface area is 114 Å². The molecule has 5 heteroatoms. The zero-order chi connectivity index (χ0) is 12.4. The number of halogens is 3. The molecule has 88 valence electrons. The van der Waals surface area contributed by atoms with Gasteiger partial charge in [-0.2, -0.15) is 0 Å². The summed E-state index contributed by atoms with van der Waals surface area (Å²) < 4.78 is 5.18. The molecule has 0 fully saturated rings. The van der Waals surface area contributed by atoms with Crippen molar-refractivity contribution in [2.24, 2.45) is 0 Å². The summed E-state index contributed by atoms with van der Waals surface area (Å²) in [4.78, 5) is 4.09. The van der Waals surface area contributed by atoms with Crippen LogP contribution in [0.2, 0.25) is 15.1 Å². The zero-order valence-corrected chi connectivity index (χ0v) is 11.1. The zero-order valence-electron chi connectivity index (χ0n) is 8.88. The van der Waals surface area contributed by atoms with Crippen LogP contribution < -0.4 is 4.74 Å². The van der Waals surface area contributed by atoms with Gasteiger partial charge in [-0.15, -0.1) is 0 Å². The van der Waals surface area contributed by atoms with E-state index in [4.69, 9.17) is 39.5 Å². The Bertz CT molecular complexity index is 557. The van der Waals surface area contributed by atoms with Gasteiger partial charge in [0, 0.05) is 11.8 Å². The number of pyridine rings is 1. The average molecular weight is 289 g/mol. The van der Waals surface area contributed by atoms with Gasteiger partial charge in [0.05, 0.1) is 22.2 Å². The molecule has 0 unspecified atom stereocenters. The van der Waals surface area contributed by atoms with Gasteiger partial charge in [-0.05, 0) is 23.8 Å². The maximum Gasteiger partial charge on any atom is 0.221 e. The maximum atomic E-state index is 5.97. The minimum absolute atomic E-state index is 0.478. The van der Waals surface area contributed by atoms with Crippen molar-refractivity contribution in [3.05, 3.63) is 45.5 Å². The molecule has 0 radical (unpaired) electrons. The van der Waals surface area contributed by atoms with Crippen LogP contribution in [0.15, 0.2) is 30.5 Å². The van der Waals surface area contributed by atoms with Gasteiger partial charge in [0.2, 0.25) is 5.88 Å². The molecule has 0 saturated carbocycles. The third kappa shape index (κ3) is 2.65. The van der Waals surface area contributed by atoms with Crippen LogP contribution in [0.4, 0.5) is 0 Å². The third-order valence-corrected chi connectivity index (χ3v) is 3.19. The van der Waals surface area contributed by atoms with E-state index in [0.717, 1.165) is 11.1 Å². The molecule has 0 aliphatic carbocycles. The van der Waals surface area contributed by atoms with E-state index < -0.39 is 0 Å². The SMILES string of the molecule is COc1ncc(Cl)cc1-c1ccc(Cl)c(Cl)c1. The molecule has 0 saturated heterocycles.